The molecule has 0 aliphatic carbocycles. The van der Waals surface area contributed by atoms with Crippen LogP contribution in [0.15, 0.2) is 22.8 Å². The van der Waals surface area contributed by atoms with Gasteiger partial charge < -0.3 is 24.1 Å². The van der Waals surface area contributed by atoms with E-state index in [-0.39, 0.29) is 18.2 Å². The van der Waals surface area contributed by atoms with E-state index in [2.05, 4.69) is 5.32 Å². The minimum atomic E-state index is -0.487. The third-order valence-corrected chi connectivity index (χ3v) is 3.34. The predicted octanol–water partition coefficient (Wildman–Crippen LogP) is 2.00. The topological polar surface area (TPSA) is 63.9 Å². The second-order valence-corrected chi connectivity index (χ2v) is 6.23. The lowest BCUT2D eigenvalue weighted by Gasteiger charge is -2.24. The molecule has 0 spiro atoms. The fourth-order valence-electron chi connectivity index (χ4n) is 2.33. The van der Waals surface area contributed by atoms with Gasteiger partial charge in [0, 0.05) is 13.7 Å². The second kappa shape index (κ2) is 6.49. The average molecular weight is 296 g/mol. The fourth-order valence-corrected chi connectivity index (χ4v) is 2.33. The molecule has 1 aromatic heterocycles. The average Bonchev–Trinajstić information content (AvgIpc) is 3.03. The van der Waals surface area contributed by atoms with Crippen LogP contribution in [-0.2, 0) is 16.0 Å². The highest BCUT2D eigenvalue weighted by Crippen LogP contribution is 2.18. The summed E-state index contributed by atoms with van der Waals surface area (Å²) in [5.41, 5.74) is -0.487. The molecule has 6 nitrogen and oxygen atoms in total. The zero-order chi connectivity index (χ0) is 15.5. The SMILES string of the molecule is CO[C@H]1CN(C(=O)OC(C)(C)C)C[C@@H]1NCc1ccco1. The molecule has 1 aliphatic heterocycles. The number of methoxy groups -OCH3 is 1. The molecule has 118 valence electrons. The Balaban J connectivity index is 1.89. The Hall–Kier alpha value is -1.53. The second-order valence-electron chi connectivity index (χ2n) is 6.23. The monoisotopic (exact) mass is 296 g/mol. The van der Waals surface area contributed by atoms with Crippen LogP contribution in [0.25, 0.3) is 0 Å². The van der Waals surface area contributed by atoms with E-state index < -0.39 is 5.60 Å². The third-order valence-electron chi connectivity index (χ3n) is 3.34. The normalized spacial score (nSPS) is 22.6. The first-order chi connectivity index (χ1) is 9.89. The molecule has 0 aromatic carbocycles. The summed E-state index contributed by atoms with van der Waals surface area (Å²) < 4.78 is 16.2. The van der Waals surface area contributed by atoms with Crippen LogP contribution >= 0.6 is 0 Å². The van der Waals surface area contributed by atoms with Crippen LogP contribution in [-0.4, -0.2) is 48.9 Å². The first-order valence-electron chi connectivity index (χ1n) is 7.15. The van der Waals surface area contributed by atoms with E-state index in [0.29, 0.717) is 19.6 Å². The van der Waals surface area contributed by atoms with Gasteiger partial charge in [-0.2, -0.15) is 0 Å². The number of hydrogen-bond donors (Lipinski definition) is 1. The number of nitrogens with one attached hydrogen (secondary N) is 1. The molecule has 1 saturated heterocycles. The lowest BCUT2D eigenvalue weighted by molar-refractivity contribution is 0.0252. The van der Waals surface area contributed by atoms with Crippen molar-refractivity contribution >= 4 is 6.09 Å². The van der Waals surface area contributed by atoms with Crippen LogP contribution in [0.1, 0.15) is 26.5 Å². The molecule has 2 rings (SSSR count). The molecule has 0 unspecified atom stereocenters. The molecular formula is C15H24N2O4. The summed E-state index contributed by atoms with van der Waals surface area (Å²) in [6.45, 7) is 7.29. The molecule has 1 aromatic rings. The zero-order valence-electron chi connectivity index (χ0n) is 13.1. The minimum Gasteiger partial charge on any atom is -0.468 e. The molecule has 1 fully saturated rings. The predicted molar refractivity (Wildman–Crippen MR) is 77.9 cm³/mol. The maximum Gasteiger partial charge on any atom is 0.410 e. The molecule has 2 atom stereocenters. The molecule has 0 bridgehead atoms. The molecule has 1 N–H and O–H groups in total. The van der Waals surface area contributed by atoms with Crippen molar-refractivity contribution in [3.8, 4) is 0 Å². The van der Waals surface area contributed by atoms with Gasteiger partial charge in [0.1, 0.15) is 11.4 Å². The van der Waals surface area contributed by atoms with E-state index in [1.807, 2.05) is 32.9 Å². The number of rotatable bonds is 4. The van der Waals surface area contributed by atoms with E-state index in [1.165, 1.54) is 0 Å². The third kappa shape index (κ3) is 4.47. The van der Waals surface area contributed by atoms with Gasteiger partial charge in [0.25, 0.3) is 0 Å². The number of amides is 1. The van der Waals surface area contributed by atoms with Crippen LogP contribution in [0, 0.1) is 0 Å². The van der Waals surface area contributed by atoms with Crippen molar-refractivity contribution in [2.45, 2.75) is 45.1 Å². The van der Waals surface area contributed by atoms with Crippen LogP contribution in [0.2, 0.25) is 0 Å². The maximum absolute atomic E-state index is 12.1. The summed E-state index contributed by atoms with van der Waals surface area (Å²) in [5.74, 6) is 0.862. The molecular weight excluding hydrogens is 272 g/mol. The Bertz CT molecular complexity index is 453. The van der Waals surface area contributed by atoms with Crippen molar-refractivity contribution in [2.24, 2.45) is 0 Å². The molecule has 0 saturated carbocycles. The number of carbonyl (C=O) groups excluding carboxylic acids is 1. The number of ether oxygens (including phenoxy) is 2. The summed E-state index contributed by atoms with van der Waals surface area (Å²) in [6, 6.07) is 3.83. The standard InChI is InChI=1S/C15H24N2O4/c1-15(2,3)21-14(18)17-9-12(13(10-17)19-4)16-8-11-6-5-7-20-11/h5-7,12-13,16H,8-10H2,1-4H3/t12-,13-/m0/s1. The Morgan fingerprint density at radius 3 is 2.81 bits per heavy atom. The Morgan fingerprint density at radius 2 is 2.24 bits per heavy atom. The zero-order valence-corrected chi connectivity index (χ0v) is 13.1. The molecule has 21 heavy (non-hydrogen) atoms. The Morgan fingerprint density at radius 1 is 1.48 bits per heavy atom. The summed E-state index contributed by atoms with van der Waals surface area (Å²) in [4.78, 5) is 13.8. The number of hydrogen-bond acceptors (Lipinski definition) is 5. The molecule has 1 amide bonds. The van der Waals surface area contributed by atoms with Crippen molar-refractivity contribution in [1.82, 2.24) is 10.2 Å². The van der Waals surface area contributed by atoms with Crippen LogP contribution in [0.5, 0.6) is 0 Å². The van der Waals surface area contributed by atoms with E-state index in [4.69, 9.17) is 13.9 Å². The van der Waals surface area contributed by atoms with E-state index in [1.54, 1.807) is 18.3 Å². The summed E-state index contributed by atoms with van der Waals surface area (Å²) in [6.07, 6.45) is 1.30. The van der Waals surface area contributed by atoms with Gasteiger partial charge in [-0.15, -0.1) is 0 Å². The quantitative estimate of drug-likeness (QED) is 0.920. The maximum atomic E-state index is 12.1. The smallest absolute Gasteiger partial charge is 0.410 e. The minimum absolute atomic E-state index is 0.0486. The first-order valence-corrected chi connectivity index (χ1v) is 7.15. The van der Waals surface area contributed by atoms with Crippen molar-refractivity contribution in [2.75, 3.05) is 20.2 Å². The van der Waals surface area contributed by atoms with Crippen LogP contribution in [0.3, 0.4) is 0 Å². The molecule has 2 heterocycles. The van der Waals surface area contributed by atoms with Crippen molar-refractivity contribution in [1.29, 1.82) is 0 Å². The van der Waals surface area contributed by atoms with Gasteiger partial charge in [0.2, 0.25) is 0 Å². The number of furan rings is 1. The highest BCUT2D eigenvalue weighted by molar-refractivity contribution is 5.68. The Labute approximate surface area is 125 Å². The largest absolute Gasteiger partial charge is 0.468 e. The van der Waals surface area contributed by atoms with Gasteiger partial charge in [-0.1, -0.05) is 0 Å². The van der Waals surface area contributed by atoms with E-state index in [0.717, 1.165) is 5.76 Å². The highest BCUT2D eigenvalue weighted by atomic mass is 16.6. The lowest BCUT2D eigenvalue weighted by Crippen LogP contribution is -2.40. The molecule has 1 aliphatic rings. The number of carbonyl (C=O) groups is 1. The van der Waals surface area contributed by atoms with Crippen LogP contribution < -0.4 is 5.32 Å². The van der Waals surface area contributed by atoms with Crippen molar-refractivity contribution in [3.63, 3.8) is 0 Å². The van der Waals surface area contributed by atoms with Crippen molar-refractivity contribution < 1.29 is 18.7 Å². The number of likely N-dealkylation sites (tertiary alicyclic amines) is 1. The van der Waals surface area contributed by atoms with Gasteiger partial charge in [0.05, 0.1) is 31.5 Å². The summed E-state index contributed by atoms with van der Waals surface area (Å²) >= 11 is 0. The molecule has 6 heteroatoms. The van der Waals surface area contributed by atoms with Gasteiger partial charge in [-0.3, -0.25) is 0 Å². The van der Waals surface area contributed by atoms with Crippen LogP contribution in [0.4, 0.5) is 4.79 Å². The highest BCUT2D eigenvalue weighted by Gasteiger charge is 2.37. The van der Waals surface area contributed by atoms with Gasteiger partial charge >= 0.3 is 6.09 Å². The van der Waals surface area contributed by atoms with Gasteiger partial charge in [-0.25, -0.2) is 4.79 Å². The van der Waals surface area contributed by atoms with Gasteiger partial charge in [-0.05, 0) is 32.9 Å². The van der Waals surface area contributed by atoms with E-state index in [9.17, 15) is 4.79 Å². The molecule has 0 radical (unpaired) electrons. The van der Waals surface area contributed by atoms with Gasteiger partial charge in [0.15, 0.2) is 0 Å². The Kier molecular flexibility index (Phi) is 4.90. The lowest BCUT2D eigenvalue weighted by atomic mass is 10.2. The number of nitrogens with zero attached hydrogens (tertiary/aromatic N) is 1. The first kappa shape index (κ1) is 15.9. The van der Waals surface area contributed by atoms with E-state index >= 15 is 0 Å². The summed E-state index contributed by atoms with van der Waals surface area (Å²) in [5, 5.41) is 3.36. The summed E-state index contributed by atoms with van der Waals surface area (Å²) in [7, 11) is 1.66. The fraction of sp³-hybridized carbons (Fsp3) is 0.667. The van der Waals surface area contributed by atoms with Crippen molar-refractivity contribution in [3.05, 3.63) is 24.2 Å².